The van der Waals surface area contributed by atoms with Crippen molar-refractivity contribution >= 4 is 13.1 Å². The van der Waals surface area contributed by atoms with Crippen molar-refractivity contribution in [3.8, 4) is 0 Å². The summed E-state index contributed by atoms with van der Waals surface area (Å²) in [6.45, 7) is 7.12. The molecule has 4 heteroatoms. The van der Waals surface area contributed by atoms with E-state index in [0.717, 1.165) is 5.59 Å². The molecule has 0 aliphatic carbocycles. The van der Waals surface area contributed by atoms with E-state index < -0.39 is 11.2 Å². The second-order valence-electron chi connectivity index (χ2n) is 4.56. The lowest BCUT2D eigenvalue weighted by Gasteiger charge is -2.37. The first kappa shape index (κ1) is 12.2. The highest BCUT2D eigenvalue weighted by atomic mass is 16.5. The van der Waals surface area contributed by atoms with Crippen molar-refractivity contribution in [1.29, 1.82) is 0 Å². The maximum absolute atomic E-state index is 9.86. The predicted molar refractivity (Wildman–Crippen MR) is 61.1 cm³/mol. The van der Waals surface area contributed by atoms with E-state index in [1.165, 1.54) is 0 Å². The second kappa shape index (κ2) is 4.33. The minimum absolute atomic E-state index is 0.648. The number of nitrogens with zero attached hydrogens (tertiary/aromatic N) is 1. The van der Waals surface area contributed by atoms with Gasteiger partial charge in [0.25, 0.3) is 0 Å². The molecular weight excluding hydrogens is 189 g/mol. The van der Waals surface area contributed by atoms with Crippen LogP contribution in [0, 0.1) is 0 Å². The maximum Gasteiger partial charge on any atom is 0.351 e. The van der Waals surface area contributed by atoms with Gasteiger partial charge in [-0.15, -0.1) is 0 Å². The Labute approximate surface area is 91.8 Å². The Balaban J connectivity index is 2.58. The molecule has 1 heterocycles. The number of aromatic nitrogens is 1. The van der Waals surface area contributed by atoms with Crippen molar-refractivity contribution in [2.24, 2.45) is 0 Å². The van der Waals surface area contributed by atoms with Gasteiger partial charge >= 0.3 is 7.48 Å². The van der Waals surface area contributed by atoms with Crippen LogP contribution in [-0.4, -0.2) is 28.8 Å². The van der Waals surface area contributed by atoms with E-state index in [-0.39, 0.29) is 0 Å². The summed E-state index contributed by atoms with van der Waals surface area (Å²) in [6.07, 6.45) is 1.70. The van der Waals surface area contributed by atoms with E-state index in [0.29, 0.717) is 0 Å². The zero-order valence-corrected chi connectivity index (χ0v) is 9.69. The lowest BCUT2D eigenvalue weighted by Crippen LogP contribution is -2.49. The number of aliphatic hydroxyl groups is 1. The zero-order valence-electron chi connectivity index (χ0n) is 9.69. The molecule has 0 amide bonds. The molecule has 0 aliphatic rings. The smallest absolute Gasteiger partial charge is 0.351 e. The summed E-state index contributed by atoms with van der Waals surface area (Å²) in [5.74, 6) is 0. The third kappa shape index (κ3) is 3.32. The van der Waals surface area contributed by atoms with E-state index in [2.05, 4.69) is 4.98 Å². The number of pyridine rings is 1. The van der Waals surface area contributed by atoms with Gasteiger partial charge in [-0.3, -0.25) is 4.98 Å². The summed E-state index contributed by atoms with van der Waals surface area (Å²) < 4.78 is 5.54. The molecule has 1 aromatic rings. The topological polar surface area (TPSA) is 42.4 Å². The van der Waals surface area contributed by atoms with Gasteiger partial charge in [0.1, 0.15) is 0 Å². The van der Waals surface area contributed by atoms with Gasteiger partial charge in [-0.1, -0.05) is 6.07 Å². The van der Waals surface area contributed by atoms with Crippen LogP contribution in [-0.2, 0) is 4.65 Å². The number of hydrogen-bond acceptors (Lipinski definition) is 3. The normalized spacial score (nSPS) is 12.6. The molecule has 1 aromatic heterocycles. The van der Waals surface area contributed by atoms with Gasteiger partial charge in [0.05, 0.1) is 11.2 Å². The van der Waals surface area contributed by atoms with Crippen LogP contribution in [0.25, 0.3) is 0 Å². The van der Waals surface area contributed by atoms with Crippen LogP contribution in [0.5, 0.6) is 0 Å². The van der Waals surface area contributed by atoms with Gasteiger partial charge in [0.15, 0.2) is 0 Å². The Hall–Kier alpha value is -0.865. The van der Waals surface area contributed by atoms with Crippen molar-refractivity contribution < 1.29 is 9.76 Å². The van der Waals surface area contributed by atoms with Crippen LogP contribution in [0.2, 0.25) is 0 Å². The van der Waals surface area contributed by atoms with Crippen LogP contribution < -0.4 is 5.59 Å². The summed E-state index contributed by atoms with van der Waals surface area (Å²) >= 11 is 0. The average Bonchev–Trinajstić information content (AvgIpc) is 2.15. The minimum Gasteiger partial charge on any atom is -0.425 e. The van der Waals surface area contributed by atoms with Gasteiger partial charge < -0.3 is 9.76 Å². The monoisotopic (exact) mass is 206 g/mol. The molecule has 81 valence electrons. The molecular formula is C11H17BNO2. The van der Waals surface area contributed by atoms with E-state index in [4.69, 9.17) is 4.65 Å². The van der Waals surface area contributed by atoms with Crippen LogP contribution in [0.15, 0.2) is 24.4 Å². The van der Waals surface area contributed by atoms with E-state index in [9.17, 15) is 5.11 Å². The Morgan fingerprint density at radius 2 is 1.93 bits per heavy atom. The fraction of sp³-hybridized carbons (Fsp3) is 0.545. The van der Waals surface area contributed by atoms with Crippen LogP contribution in [0.3, 0.4) is 0 Å². The molecule has 3 nitrogen and oxygen atoms in total. The van der Waals surface area contributed by atoms with E-state index >= 15 is 0 Å². The standard InChI is InChI=1S/C11H17BNO2/c1-10(2,14)11(3,4)15-12-9-7-5-6-8-13-9/h5-8,14H,1-4H3. The second-order valence-corrected chi connectivity index (χ2v) is 4.56. The molecule has 0 bridgehead atoms. The third-order valence-electron chi connectivity index (χ3n) is 2.64. The molecule has 1 rings (SSSR count). The molecule has 0 unspecified atom stereocenters. The highest BCUT2D eigenvalue weighted by Crippen LogP contribution is 2.23. The van der Waals surface area contributed by atoms with Crippen molar-refractivity contribution in [1.82, 2.24) is 4.98 Å². The molecule has 0 saturated carbocycles. The first-order chi connectivity index (χ1) is 6.83. The largest absolute Gasteiger partial charge is 0.425 e. The quantitative estimate of drug-likeness (QED) is 0.744. The summed E-state index contributed by atoms with van der Waals surface area (Å²) in [4.78, 5) is 4.10. The van der Waals surface area contributed by atoms with E-state index in [1.54, 1.807) is 27.5 Å². The Morgan fingerprint density at radius 1 is 1.27 bits per heavy atom. The lowest BCUT2D eigenvalue weighted by molar-refractivity contribution is -0.0893. The fourth-order valence-electron chi connectivity index (χ4n) is 0.798. The molecule has 1 radical (unpaired) electrons. The summed E-state index contributed by atoms with van der Waals surface area (Å²) in [6, 6.07) is 5.58. The summed E-state index contributed by atoms with van der Waals surface area (Å²) in [7, 11) is 1.57. The van der Waals surface area contributed by atoms with Gasteiger partial charge in [0.2, 0.25) is 0 Å². The van der Waals surface area contributed by atoms with Crippen LogP contribution in [0.1, 0.15) is 27.7 Å². The maximum atomic E-state index is 9.86. The van der Waals surface area contributed by atoms with Gasteiger partial charge in [0, 0.05) is 11.8 Å². The van der Waals surface area contributed by atoms with Crippen molar-refractivity contribution in [2.75, 3.05) is 0 Å². The van der Waals surface area contributed by atoms with Gasteiger partial charge in [-0.2, -0.15) is 0 Å². The van der Waals surface area contributed by atoms with Gasteiger partial charge in [-0.25, -0.2) is 0 Å². The highest BCUT2D eigenvalue weighted by Gasteiger charge is 2.35. The predicted octanol–water partition coefficient (Wildman–Crippen LogP) is 0.892. The Morgan fingerprint density at radius 3 is 2.40 bits per heavy atom. The molecule has 0 saturated heterocycles. The molecule has 15 heavy (non-hydrogen) atoms. The molecule has 0 aliphatic heterocycles. The van der Waals surface area contributed by atoms with Gasteiger partial charge in [-0.05, 0) is 39.8 Å². The molecule has 0 aromatic carbocycles. The zero-order chi connectivity index (χ0) is 11.5. The van der Waals surface area contributed by atoms with Crippen LogP contribution >= 0.6 is 0 Å². The molecule has 1 N–H and O–H groups in total. The van der Waals surface area contributed by atoms with Crippen molar-refractivity contribution in [3.05, 3.63) is 24.4 Å². The summed E-state index contributed by atoms with van der Waals surface area (Å²) in [5, 5.41) is 9.86. The molecule has 0 fully saturated rings. The first-order valence-corrected chi connectivity index (χ1v) is 4.97. The van der Waals surface area contributed by atoms with Crippen LogP contribution in [0.4, 0.5) is 0 Å². The third-order valence-corrected chi connectivity index (χ3v) is 2.64. The molecule has 0 atom stereocenters. The fourth-order valence-corrected chi connectivity index (χ4v) is 0.798. The SMILES string of the molecule is CC(C)(O)C(C)(C)O[B]c1ccccn1. The Bertz CT molecular complexity index is 306. The average molecular weight is 206 g/mol. The minimum atomic E-state index is -0.904. The molecule has 0 spiro atoms. The van der Waals surface area contributed by atoms with Crippen molar-refractivity contribution in [2.45, 2.75) is 38.9 Å². The number of rotatable bonds is 4. The lowest BCUT2D eigenvalue weighted by atomic mass is 9.85. The first-order valence-electron chi connectivity index (χ1n) is 4.97. The van der Waals surface area contributed by atoms with Crippen molar-refractivity contribution in [3.63, 3.8) is 0 Å². The highest BCUT2D eigenvalue weighted by molar-refractivity contribution is 6.45. The Kier molecular flexibility index (Phi) is 3.52. The van der Waals surface area contributed by atoms with E-state index in [1.807, 2.05) is 32.0 Å². The number of hydrogen-bond donors (Lipinski definition) is 1. The summed E-state index contributed by atoms with van der Waals surface area (Å²) in [5.41, 5.74) is -0.808.